The topological polar surface area (TPSA) is 64.8 Å². The van der Waals surface area contributed by atoms with Crippen molar-refractivity contribution in [3.05, 3.63) is 35.6 Å². The molecular formula is C15H22ClFN2O3. The van der Waals surface area contributed by atoms with E-state index in [0.717, 1.165) is 5.56 Å². The molecule has 1 aromatic carbocycles. The van der Waals surface area contributed by atoms with Crippen LogP contribution < -0.4 is 5.73 Å². The number of morpholine rings is 1. The van der Waals surface area contributed by atoms with E-state index in [1.54, 1.807) is 24.1 Å². The number of nitrogens with two attached hydrogens (primary N) is 1. The summed E-state index contributed by atoms with van der Waals surface area (Å²) < 4.78 is 24.1. The zero-order valence-corrected chi connectivity index (χ0v) is 13.4. The molecule has 1 fully saturated rings. The van der Waals surface area contributed by atoms with E-state index in [1.165, 1.54) is 12.1 Å². The molecule has 1 aliphatic rings. The van der Waals surface area contributed by atoms with Gasteiger partial charge in [0.05, 0.1) is 25.7 Å². The van der Waals surface area contributed by atoms with Gasteiger partial charge < -0.3 is 20.1 Å². The summed E-state index contributed by atoms with van der Waals surface area (Å²) in [6.45, 7) is 1.70. The number of halogens is 2. The van der Waals surface area contributed by atoms with Gasteiger partial charge in [-0.25, -0.2) is 4.39 Å². The van der Waals surface area contributed by atoms with Gasteiger partial charge in [0, 0.05) is 20.2 Å². The van der Waals surface area contributed by atoms with Crippen LogP contribution >= 0.6 is 12.4 Å². The Morgan fingerprint density at radius 1 is 1.59 bits per heavy atom. The number of hydrogen-bond acceptors (Lipinski definition) is 4. The predicted molar refractivity (Wildman–Crippen MR) is 83.4 cm³/mol. The quantitative estimate of drug-likeness (QED) is 0.887. The Kier molecular flexibility index (Phi) is 7.75. The lowest BCUT2D eigenvalue weighted by Crippen LogP contribution is -2.44. The van der Waals surface area contributed by atoms with Crippen molar-refractivity contribution >= 4 is 18.3 Å². The Hall–Kier alpha value is -1.21. The van der Waals surface area contributed by atoms with E-state index in [-0.39, 0.29) is 42.8 Å². The van der Waals surface area contributed by atoms with Crippen LogP contribution in [0.3, 0.4) is 0 Å². The van der Waals surface area contributed by atoms with Crippen molar-refractivity contribution in [1.82, 2.24) is 4.90 Å². The SMILES string of the molecule is COC(CN)CC(=O)N1CCOC(c2cccc(F)c2)C1.Cl. The molecule has 22 heavy (non-hydrogen) atoms. The normalized spacial score (nSPS) is 19.4. The number of rotatable bonds is 5. The average molecular weight is 333 g/mol. The number of carbonyl (C=O) groups excluding carboxylic acids is 1. The first-order valence-corrected chi connectivity index (χ1v) is 7.01. The van der Waals surface area contributed by atoms with Crippen molar-refractivity contribution < 1.29 is 18.7 Å². The van der Waals surface area contributed by atoms with Crippen LogP contribution in [0.25, 0.3) is 0 Å². The molecule has 2 atom stereocenters. The minimum Gasteiger partial charge on any atom is -0.380 e. The highest BCUT2D eigenvalue weighted by Gasteiger charge is 2.26. The minimum absolute atomic E-state index is 0. The second-order valence-corrected chi connectivity index (χ2v) is 5.05. The lowest BCUT2D eigenvalue weighted by Gasteiger charge is -2.34. The molecule has 1 heterocycles. The summed E-state index contributed by atoms with van der Waals surface area (Å²) in [5.74, 6) is -0.320. The van der Waals surface area contributed by atoms with Crippen LogP contribution in [0.15, 0.2) is 24.3 Å². The second-order valence-electron chi connectivity index (χ2n) is 5.05. The van der Waals surface area contributed by atoms with Gasteiger partial charge in [-0.1, -0.05) is 12.1 Å². The summed E-state index contributed by atoms with van der Waals surface area (Å²) in [5, 5.41) is 0. The summed E-state index contributed by atoms with van der Waals surface area (Å²) in [7, 11) is 1.54. The van der Waals surface area contributed by atoms with Gasteiger partial charge in [0.1, 0.15) is 11.9 Å². The highest BCUT2D eigenvalue weighted by Crippen LogP contribution is 2.23. The molecule has 0 bridgehead atoms. The Bertz CT molecular complexity index is 486. The van der Waals surface area contributed by atoms with E-state index >= 15 is 0 Å². The third-order valence-corrected chi connectivity index (χ3v) is 3.64. The van der Waals surface area contributed by atoms with E-state index in [2.05, 4.69) is 0 Å². The first kappa shape index (κ1) is 18.8. The lowest BCUT2D eigenvalue weighted by atomic mass is 10.1. The van der Waals surface area contributed by atoms with Gasteiger partial charge in [0.15, 0.2) is 0 Å². The first-order valence-electron chi connectivity index (χ1n) is 7.01. The van der Waals surface area contributed by atoms with Gasteiger partial charge in [-0.15, -0.1) is 12.4 Å². The van der Waals surface area contributed by atoms with Gasteiger partial charge in [-0.2, -0.15) is 0 Å². The van der Waals surface area contributed by atoms with E-state index < -0.39 is 0 Å². The number of nitrogens with zero attached hydrogens (tertiary/aromatic N) is 1. The highest BCUT2D eigenvalue weighted by molar-refractivity contribution is 5.85. The van der Waals surface area contributed by atoms with Crippen LogP contribution in [0.4, 0.5) is 4.39 Å². The zero-order chi connectivity index (χ0) is 15.2. The molecule has 1 saturated heterocycles. The Morgan fingerprint density at radius 2 is 2.36 bits per heavy atom. The standard InChI is InChI=1S/C15H21FN2O3.ClH/c1-20-13(9-17)8-15(19)18-5-6-21-14(10-18)11-3-2-4-12(16)7-11;/h2-4,7,13-14H,5-6,8-10,17H2,1H3;1H. The molecule has 5 nitrogen and oxygen atoms in total. The van der Waals surface area contributed by atoms with Crippen molar-refractivity contribution in [3.63, 3.8) is 0 Å². The first-order chi connectivity index (χ1) is 10.1. The molecule has 1 aliphatic heterocycles. The summed E-state index contributed by atoms with van der Waals surface area (Å²) >= 11 is 0. The number of ether oxygens (including phenoxy) is 2. The molecule has 2 rings (SSSR count). The van der Waals surface area contributed by atoms with Crippen LogP contribution in [-0.4, -0.2) is 50.3 Å². The number of benzene rings is 1. The van der Waals surface area contributed by atoms with Crippen LogP contribution in [0.2, 0.25) is 0 Å². The number of carbonyl (C=O) groups is 1. The molecule has 1 aromatic rings. The van der Waals surface area contributed by atoms with Gasteiger partial charge in [-0.05, 0) is 17.7 Å². The Labute approximate surface area is 136 Å². The molecule has 0 aromatic heterocycles. The maximum absolute atomic E-state index is 13.3. The third-order valence-electron chi connectivity index (χ3n) is 3.64. The maximum Gasteiger partial charge on any atom is 0.225 e. The fourth-order valence-electron chi connectivity index (χ4n) is 2.37. The van der Waals surface area contributed by atoms with E-state index in [0.29, 0.717) is 26.2 Å². The largest absolute Gasteiger partial charge is 0.380 e. The maximum atomic E-state index is 13.3. The summed E-state index contributed by atoms with van der Waals surface area (Å²) in [6, 6.07) is 6.28. The van der Waals surface area contributed by atoms with E-state index in [4.69, 9.17) is 15.2 Å². The minimum atomic E-state index is -0.304. The average Bonchev–Trinajstić information content (AvgIpc) is 2.52. The third kappa shape index (κ3) is 4.91. The van der Waals surface area contributed by atoms with Gasteiger partial charge in [0.25, 0.3) is 0 Å². The van der Waals surface area contributed by atoms with Crippen molar-refractivity contribution in [3.8, 4) is 0 Å². The molecule has 7 heteroatoms. The van der Waals surface area contributed by atoms with Gasteiger partial charge in [0.2, 0.25) is 5.91 Å². The predicted octanol–water partition coefficient (Wildman–Crippen LogP) is 1.51. The molecule has 2 N–H and O–H groups in total. The van der Waals surface area contributed by atoms with Gasteiger partial charge >= 0.3 is 0 Å². The molecule has 0 radical (unpaired) electrons. The number of hydrogen-bond donors (Lipinski definition) is 1. The van der Waals surface area contributed by atoms with Crippen molar-refractivity contribution in [2.75, 3.05) is 33.4 Å². The van der Waals surface area contributed by atoms with Crippen LogP contribution in [0.5, 0.6) is 0 Å². The van der Waals surface area contributed by atoms with Gasteiger partial charge in [-0.3, -0.25) is 4.79 Å². The number of methoxy groups -OCH3 is 1. The second kappa shape index (κ2) is 9.05. The van der Waals surface area contributed by atoms with Crippen molar-refractivity contribution in [2.45, 2.75) is 18.6 Å². The fraction of sp³-hybridized carbons (Fsp3) is 0.533. The molecule has 0 spiro atoms. The Morgan fingerprint density at radius 3 is 3.00 bits per heavy atom. The molecule has 0 saturated carbocycles. The molecular weight excluding hydrogens is 311 g/mol. The summed E-state index contributed by atoms with van der Waals surface area (Å²) in [6.07, 6.45) is -0.312. The van der Waals surface area contributed by atoms with E-state index in [1.807, 2.05) is 0 Å². The molecule has 1 amide bonds. The lowest BCUT2D eigenvalue weighted by molar-refractivity contribution is -0.141. The van der Waals surface area contributed by atoms with Crippen molar-refractivity contribution in [2.24, 2.45) is 5.73 Å². The monoisotopic (exact) mass is 332 g/mol. The van der Waals surface area contributed by atoms with Crippen LogP contribution in [-0.2, 0) is 14.3 Å². The van der Waals surface area contributed by atoms with Crippen LogP contribution in [0, 0.1) is 5.82 Å². The van der Waals surface area contributed by atoms with Crippen LogP contribution in [0.1, 0.15) is 18.1 Å². The summed E-state index contributed by atoms with van der Waals surface area (Å²) in [4.78, 5) is 14.0. The van der Waals surface area contributed by atoms with Crippen molar-refractivity contribution in [1.29, 1.82) is 0 Å². The van der Waals surface area contributed by atoms with E-state index in [9.17, 15) is 9.18 Å². The Balaban J connectivity index is 0.00000242. The number of amides is 1. The molecule has 0 aliphatic carbocycles. The highest BCUT2D eigenvalue weighted by atomic mass is 35.5. The molecule has 124 valence electrons. The summed E-state index contributed by atoms with van der Waals surface area (Å²) in [5.41, 5.74) is 6.28. The fourth-order valence-corrected chi connectivity index (χ4v) is 2.37. The molecule has 2 unspecified atom stereocenters. The zero-order valence-electron chi connectivity index (χ0n) is 12.5. The smallest absolute Gasteiger partial charge is 0.225 e.